The minimum atomic E-state index is -0.541. The molecule has 2 N–H and O–H groups in total. The van der Waals surface area contributed by atoms with Crippen LogP contribution < -0.4 is 10.1 Å². The predicted octanol–water partition coefficient (Wildman–Crippen LogP) is 1.93. The summed E-state index contributed by atoms with van der Waals surface area (Å²) in [6.45, 7) is 6.93. The Morgan fingerprint density at radius 2 is 2.22 bits per heavy atom. The second-order valence-corrected chi connectivity index (χ2v) is 5.95. The van der Waals surface area contributed by atoms with Crippen molar-refractivity contribution in [3.8, 4) is 5.88 Å². The highest BCUT2D eigenvalue weighted by atomic mass is 32.2. The molecule has 0 saturated carbocycles. The summed E-state index contributed by atoms with van der Waals surface area (Å²) in [6.07, 6.45) is 3.12. The van der Waals surface area contributed by atoms with E-state index in [2.05, 4.69) is 31.1 Å². The van der Waals surface area contributed by atoms with Crippen molar-refractivity contribution in [3.05, 3.63) is 18.3 Å². The summed E-state index contributed by atoms with van der Waals surface area (Å²) in [5.74, 6) is 0.583. The molecule has 102 valence electrons. The van der Waals surface area contributed by atoms with E-state index in [0.717, 1.165) is 4.90 Å². The minimum absolute atomic E-state index is 0.00356. The highest BCUT2D eigenvalue weighted by molar-refractivity contribution is 7.98. The quantitative estimate of drug-likeness (QED) is 0.774. The summed E-state index contributed by atoms with van der Waals surface area (Å²) in [5, 5.41) is 13.0. The average molecular weight is 270 g/mol. The van der Waals surface area contributed by atoms with Crippen molar-refractivity contribution in [1.82, 2.24) is 10.3 Å². The Hall–Kier alpha value is -0.780. The van der Waals surface area contributed by atoms with Crippen LogP contribution in [0.25, 0.3) is 0 Å². The van der Waals surface area contributed by atoms with Crippen LogP contribution in [0.4, 0.5) is 0 Å². The number of thioether (sulfide) groups is 1. The molecular weight excluding hydrogens is 248 g/mol. The van der Waals surface area contributed by atoms with Gasteiger partial charge < -0.3 is 15.2 Å². The molecule has 0 aromatic carbocycles. The number of hydrogen-bond acceptors (Lipinski definition) is 5. The van der Waals surface area contributed by atoms with Gasteiger partial charge in [-0.2, -0.15) is 0 Å². The lowest BCUT2D eigenvalue weighted by Gasteiger charge is -2.23. The summed E-state index contributed by atoms with van der Waals surface area (Å²) in [6, 6.07) is 3.82. The van der Waals surface area contributed by atoms with Gasteiger partial charge in [-0.3, -0.25) is 0 Å². The SMILES string of the molecule is CSc1cccnc1OCC(O)CNC(C)(C)C. The number of rotatable bonds is 6. The van der Waals surface area contributed by atoms with Crippen LogP contribution in [0.2, 0.25) is 0 Å². The molecule has 0 aliphatic carbocycles. The molecule has 0 aliphatic rings. The van der Waals surface area contributed by atoms with Gasteiger partial charge in [-0.05, 0) is 39.2 Å². The number of β-amino-alcohol motifs (C(OH)–C–C–N with tert-alkyl or cyclic N) is 1. The zero-order valence-electron chi connectivity index (χ0n) is 11.4. The van der Waals surface area contributed by atoms with Gasteiger partial charge in [0.1, 0.15) is 12.7 Å². The first-order chi connectivity index (χ1) is 8.42. The smallest absolute Gasteiger partial charge is 0.227 e. The van der Waals surface area contributed by atoms with Gasteiger partial charge in [-0.15, -0.1) is 11.8 Å². The Bertz CT molecular complexity index is 366. The number of aliphatic hydroxyl groups is 1. The number of ether oxygens (including phenoxy) is 1. The van der Waals surface area contributed by atoms with Crippen LogP contribution >= 0.6 is 11.8 Å². The zero-order chi connectivity index (χ0) is 13.6. The van der Waals surface area contributed by atoms with E-state index in [1.807, 2.05) is 18.4 Å². The molecule has 0 radical (unpaired) electrons. The summed E-state index contributed by atoms with van der Waals surface area (Å²) >= 11 is 1.58. The fourth-order valence-corrected chi connectivity index (χ4v) is 1.80. The van der Waals surface area contributed by atoms with E-state index in [1.54, 1.807) is 18.0 Å². The lowest BCUT2D eigenvalue weighted by atomic mass is 10.1. The van der Waals surface area contributed by atoms with E-state index in [4.69, 9.17) is 4.74 Å². The molecule has 0 spiro atoms. The van der Waals surface area contributed by atoms with Crippen molar-refractivity contribution < 1.29 is 9.84 Å². The highest BCUT2D eigenvalue weighted by Crippen LogP contribution is 2.24. The zero-order valence-corrected chi connectivity index (χ0v) is 12.3. The number of pyridine rings is 1. The number of nitrogens with zero attached hydrogens (tertiary/aromatic N) is 1. The van der Waals surface area contributed by atoms with E-state index in [0.29, 0.717) is 12.4 Å². The van der Waals surface area contributed by atoms with Crippen molar-refractivity contribution in [3.63, 3.8) is 0 Å². The van der Waals surface area contributed by atoms with Gasteiger partial charge in [0.2, 0.25) is 5.88 Å². The molecule has 0 saturated heterocycles. The van der Waals surface area contributed by atoms with Crippen LogP contribution in [-0.4, -0.2) is 41.1 Å². The van der Waals surface area contributed by atoms with Gasteiger partial charge in [0.15, 0.2) is 0 Å². The van der Waals surface area contributed by atoms with Crippen LogP contribution in [0.3, 0.4) is 0 Å². The van der Waals surface area contributed by atoms with Crippen molar-refractivity contribution in [1.29, 1.82) is 0 Å². The topological polar surface area (TPSA) is 54.4 Å². The maximum Gasteiger partial charge on any atom is 0.227 e. The average Bonchev–Trinajstić information content (AvgIpc) is 2.33. The van der Waals surface area contributed by atoms with E-state index < -0.39 is 6.10 Å². The largest absolute Gasteiger partial charge is 0.474 e. The molecule has 1 rings (SSSR count). The molecular formula is C13H22N2O2S. The second kappa shape index (κ2) is 6.97. The highest BCUT2D eigenvalue weighted by Gasteiger charge is 2.13. The Morgan fingerprint density at radius 3 is 2.83 bits per heavy atom. The Labute approximate surface area is 113 Å². The lowest BCUT2D eigenvalue weighted by molar-refractivity contribution is 0.0962. The third kappa shape index (κ3) is 5.71. The van der Waals surface area contributed by atoms with Crippen molar-refractivity contribution in [2.24, 2.45) is 0 Å². The van der Waals surface area contributed by atoms with Gasteiger partial charge in [0, 0.05) is 18.3 Å². The summed E-state index contributed by atoms with van der Waals surface area (Å²) in [4.78, 5) is 5.14. The number of hydrogen-bond donors (Lipinski definition) is 2. The minimum Gasteiger partial charge on any atom is -0.474 e. The fraction of sp³-hybridized carbons (Fsp3) is 0.615. The first-order valence-corrected chi connectivity index (χ1v) is 7.20. The van der Waals surface area contributed by atoms with Crippen molar-refractivity contribution in [2.75, 3.05) is 19.4 Å². The summed E-state index contributed by atoms with van der Waals surface area (Å²) in [5.41, 5.74) is -0.00356. The molecule has 1 aromatic heterocycles. The van der Waals surface area contributed by atoms with Crippen LogP contribution in [0.15, 0.2) is 23.2 Å². The third-order valence-electron chi connectivity index (χ3n) is 2.24. The van der Waals surface area contributed by atoms with E-state index >= 15 is 0 Å². The summed E-state index contributed by atoms with van der Waals surface area (Å²) < 4.78 is 5.53. The van der Waals surface area contributed by atoms with Gasteiger partial charge in [0.05, 0.1) is 4.90 Å². The second-order valence-electron chi connectivity index (χ2n) is 5.11. The van der Waals surface area contributed by atoms with E-state index in [-0.39, 0.29) is 12.1 Å². The molecule has 1 unspecified atom stereocenters. The molecule has 4 nitrogen and oxygen atoms in total. The third-order valence-corrected chi connectivity index (χ3v) is 2.99. The van der Waals surface area contributed by atoms with Gasteiger partial charge >= 0.3 is 0 Å². The van der Waals surface area contributed by atoms with Crippen LogP contribution in [0.5, 0.6) is 5.88 Å². The van der Waals surface area contributed by atoms with E-state index in [1.165, 1.54) is 0 Å². The molecule has 1 heterocycles. The molecule has 18 heavy (non-hydrogen) atoms. The summed E-state index contributed by atoms with van der Waals surface area (Å²) in [7, 11) is 0. The Balaban J connectivity index is 2.40. The normalized spacial score (nSPS) is 13.4. The van der Waals surface area contributed by atoms with Gasteiger partial charge in [0.25, 0.3) is 0 Å². The van der Waals surface area contributed by atoms with Crippen LogP contribution in [-0.2, 0) is 0 Å². The van der Waals surface area contributed by atoms with Gasteiger partial charge in [-0.25, -0.2) is 4.98 Å². The lowest BCUT2D eigenvalue weighted by Crippen LogP contribution is -2.42. The standard InChI is InChI=1S/C13H22N2O2S/c1-13(2,3)15-8-10(16)9-17-12-11(18-4)6-5-7-14-12/h5-7,10,15-16H,8-9H2,1-4H3. The molecule has 1 aromatic rings. The predicted molar refractivity (Wildman–Crippen MR) is 75.3 cm³/mol. The number of aromatic nitrogens is 1. The molecule has 0 fully saturated rings. The van der Waals surface area contributed by atoms with Crippen molar-refractivity contribution >= 4 is 11.8 Å². The molecule has 0 amide bonds. The number of aliphatic hydroxyl groups excluding tert-OH is 1. The first-order valence-electron chi connectivity index (χ1n) is 5.97. The Morgan fingerprint density at radius 1 is 1.50 bits per heavy atom. The van der Waals surface area contributed by atoms with Crippen LogP contribution in [0, 0.1) is 0 Å². The van der Waals surface area contributed by atoms with E-state index in [9.17, 15) is 5.11 Å². The molecule has 5 heteroatoms. The van der Waals surface area contributed by atoms with Crippen LogP contribution in [0.1, 0.15) is 20.8 Å². The molecule has 0 aliphatic heterocycles. The maximum absolute atomic E-state index is 9.82. The Kier molecular flexibility index (Phi) is 5.91. The maximum atomic E-state index is 9.82. The molecule has 0 bridgehead atoms. The molecule has 1 atom stereocenters. The fourth-order valence-electron chi connectivity index (χ4n) is 1.30. The number of nitrogens with one attached hydrogen (secondary N) is 1. The first kappa shape index (κ1) is 15.3. The monoisotopic (exact) mass is 270 g/mol. The van der Waals surface area contributed by atoms with Gasteiger partial charge in [-0.1, -0.05) is 0 Å². The van der Waals surface area contributed by atoms with Crippen molar-refractivity contribution in [2.45, 2.75) is 37.3 Å².